The van der Waals surface area contributed by atoms with Crippen LogP contribution in [0.5, 0.6) is 5.75 Å². The molecule has 0 spiro atoms. The van der Waals surface area contributed by atoms with Crippen LogP contribution in [0.3, 0.4) is 0 Å². The van der Waals surface area contributed by atoms with E-state index in [2.05, 4.69) is 26.4 Å². The first-order valence-electron chi connectivity index (χ1n) is 6.76. The molecule has 0 fully saturated rings. The zero-order chi connectivity index (χ0) is 16.4. The Balaban J connectivity index is 1.88. The SMILES string of the molecule is COc1ccc(NC(=O)c2c(-c3ccc(Br)s3)noc2C)cc1. The average Bonchev–Trinajstić information content (AvgIpc) is 3.13. The summed E-state index contributed by atoms with van der Waals surface area (Å²) in [6, 6.07) is 10.9. The first-order valence-corrected chi connectivity index (χ1v) is 8.37. The van der Waals surface area contributed by atoms with Crippen molar-refractivity contribution in [3.63, 3.8) is 0 Å². The number of nitrogens with one attached hydrogen (secondary N) is 1. The minimum absolute atomic E-state index is 0.256. The molecule has 0 radical (unpaired) electrons. The fourth-order valence-electron chi connectivity index (χ4n) is 2.12. The van der Waals surface area contributed by atoms with E-state index in [1.54, 1.807) is 38.3 Å². The van der Waals surface area contributed by atoms with Crippen LogP contribution >= 0.6 is 27.3 Å². The standard InChI is InChI=1S/C16H13BrN2O3S/c1-9-14(15(19-22-9)12-7-8-13(17)23-12)16(20)18-10-3-5-11(21-2)6-4-10/h3-8H,1-2H3,(H,18,20). The van der Waals surface area contributed by atoms with Crippen LogP contribution in [0.25, 0.3) is 10.6 Å². The number of aromatic nitrogens is 1. The van der Waals surface area contributed by atoms with Crippen molar-refractivity contribution in [3.05, 3.63) is 51.5 Å². The van der Waals surface area contributed by atoms with Gasteiger partial charge in [0.2, 0.25) is 0 Å². The fraction of sp³-hybridized carbons (Fsp3) is 0.125. The average molecular weight is 393 g/mol. The van der Waals surface area contributed by atoms with E-state index in [1.165, 1.54) is 11.3 Å². The van der Waals surface area contributed by atoms with E-state index < -0.39 is 0 Å². The van der Waals surface area contributed by atoms with Crippen LogP contribution in [-0.4, -0.2) is 18.2 Å². The molecule has 0 bridgehead atoms. The molecule has 0 aliphatic carbocycles. The predicted molar refractivity (Wildman–Crippen MR) is 93.2 cm³/mol. The van der Waals surface area contributed by atoms with Crippen LogP contribution in [0.15, 0.2) is 44.7 Å². The lowest BCUT2D eigenvalue weighted by atomic mass is 10.1. The first-order chi connectivity index (χ1) is 11.1. The molecule has 0 unspecified atom stereocenters. The number of methoxy groups -OCH3 is 1. The molecule has 1 N–H and O–H groups in total. The molecule has 118 valence electrons. The zero-order valence-corrected chi connectivity index (χ0v) is 14.8. The fourth-order valence-corrected chi connectivity index (χ4v) is 3.49. The van der Waals surface area contributed by atoms with E-state index in [0.717, 1.165) is 14.4 Å². The number of anilines is 1. The third-order valence-corrected chi connectivity index (χ3v) is 4.87. The van der Waals surface area contributed by atoms with Crippen molar-refractivity contribution in [3.8, 4) is 16.3 Å². The monoisotopic (exact) mass is 392 g/mol. The smallest absolute Gasteiger partial charge is 0.261 e. The third-order valence-electron chi connectivity index (χ3n) is 3.24. The summed E-state index contributed by atoms with van der Waals surface area (Å²) < 4.78 is 11.3. The number of carbonyl (C=O) groups excluding carboxylic acids is 1. The number of halogens is 1. The summed E-state index contributed by atoms with van der Waals surface area (Å²) in [6.07, 6.45) is 0. The first kappa shape index (κ1) is 15.8. The number of amides is 1. The van der Waals surface area contributed by atoms with Gasteiger partial charge in [-0.1, -0.05) is 5.16 Å². The van der Waals surface area contributed by atoms with Crippen molar-refractivity contribution in [1.82, 2.24) is 5.16 Å². The topological polar surface area (TPSA) is 64.4 Å². The number of rotatable bonds is 4. The van der Waals surface area contributed by atoms with Crippen molar-refractivity contribution in [2.45, 2.75) is 6.92 Å². The van der Waals surface area contributed by atoms with E-state index >= 15 is 0 Å². The number of carbonyl (C=O) groups is 1. The molecule has 0 atom stereocenters. The highest BCUT2D eigenvalue weighted by atomic mass is 79.9. The van der Waals surface area contributed by atoms with Crippen LogP contribution in [0.2, 0.25) is 0 Å². The number of hydrogen-bond donors (Lipinski definition) is 1. The maximum Gasteiger partial charge on any atom is 0.261 e. The van der Waals surface area contributed by atoms with E-state index in [1.807, 2.05) is 12.1 Å². The van der Waals surface area contributed by atoms with Crippen LogP contribution < -0.4 is 10.1 Å². The summed E-state index contributed by atoms with van der Waals surface area (Å²) in [4.78, 5) is 13.5. The molecule has 0 saturated carbocycles. The van der Waals surface area contributed by atoms with Gasteiger partial charge in [-0.15, -0.1) is 11.3 Å². The maximum atomic E-state index is 12.6. The van der Waals surface area contributed by atoms with Crippen LogP contribution in [0.4, 0.5) is 5.69 Å². The van der Waals surface area contributed by atoms with E-state index in [9.17, 15) is 4.79 Å². The van der Waals surface area contributed by atoms with Crippen molar-refractivity contribution in [2.75, 3.05) is 12.4 Å². The van der Waals surface area contributed by atoms with Gasteiger partial charge in [-0.05, 0) is 59.3 Å². The third kappa shape index (κ3) is 3.30. The molecule has 23 heavy (non-hydrogen) atoms. The Bertz CT molecular complexity index is 839. The minimum atomic E-state index is -0.256. The number of hydrogen-bond acceptors (Lipinski definition) is 5. The Morgan fingerprint density at radius 3 is 2.61 bits per heavy atom. The van der Waals surface area contributed by atoms with Gasteiger partial charge in [0.15, 0.2) is 0 Å². The summed E-state index contributed by atoms with van der Waals surface area (Å²) in [5.41, 5.74) is 1.66. The zero-order valence-electron chi connectivity index (χ0n) is 12.4. The molecule has 0 saturated heterocycles. The van der Waals surface area contributed by atoms with E-state index in [0.29, 0.717) is 22.7 Å². The van der Waals surface area contributed by atoms with Crippen LogP contribution in [0, 0.1) is 6.92 Å². The molecule has 0 aliphatic heterocycles. The molecule has 1 amide bonds. The highest BCUT2D eigenvalue weighted by Crippen LogP contribution is 2.34. The highest BCUT2D eigenvalue weighted by molar-refractivity contribution is 9.11. The predicted octanol–water partition coefficient (Wildman–Crippen LogP) is 4.73. The largest absolute Gasteiger partial charge is 0.497 e. The quantitative estimate of drug-likeness (QED) is 0.696. The molecule has 3 aromatic rings. The second-order valence-corrected chi connectivity index (χ2v) is 7.21. The summed E-state index contributed by atoms with van der Waals surface area (Å²) in [5.74, 6) is 0.956. The van der Waals surface area contributed by atoms with Crippen LogP contribution in [-0.2, 0) is 0 Å². The van der Waals surface area contributed by atoms with Gasteiger partial charge in [0.25, 0.3) is 5.91 Å². The van der Waals surface area contributed by atoms with Crippen molar-refractivity contribution >= 4 is 38.9 Å². The molecular formula is C16H13BrN2O3S. The number of nitrogens with zero attached hydrogens (tertiary/aromatic N) is 1. The van der Waals surface area contributed by atoms with E-state index in [4.69, 9.17) is 9.26 Å². The Morgan fingerprint density at radius 1 is 1.26 bits per heavy atom. The number of ether oxygens (including phenoxy) is 1. The summed E-state index contributed by atoms with van der Waals surface area (Å²) in [6.45, 7) is 1.72. The molecular weight excluding hydrogens is 380 g/mol. The second-order valence-electron chi connectivity index (χ2n) is 4.75. The van der Waals surface area contributed by atoms with Gasteiger partial charge in [0.05, 0.1) is 15.8 Å². The lowest BCUT2D eigenvalue weighted by molar-refractivity contribution is 0.102. The molecule has 2 aromatic heterocycles. The number of thiophene rings is 1. The van der Waals surface area contributed by atoms with Gasteiger partial charge in [0, 0.05) is 5.69 Å². The van der Waals surface area contributed by atoms with Gasteiger partial charge in [-0.3, -0.25) is 4.79 Å². The Morgan fingerprint density at radius 2 is 2.00 bits per heavy atom. The molecule has 1 aromatic carbocycles. The maximum absolute atomic E-state index is 12.6. The number of aryl methyl sites for hydroxylation is 1. The molecule has 2 heterocycles. The van der Waals surface area contributed by atoms with Gasteiger partial charge >= 0.3 is 0 Å². The Labute approximate surface area is 145 Å². The van der Waals surface area contributed by atoms with Gasteiger partial charge in [0.1, 0.15) is 22.8 Å². The second kappa shape index (κ2) is 6.55. The Kier molecular flexibility index (Phi) is 4.49. The molecule has 5 nitrogen and oxygen atoms in total. The van der Waals surface area contributed by atoms with Crippen molar-refractivity contribution < 1.29 is 14.1 Å². The minimum Gasteiger partial charge on any atom is -0.497 e. The lowest BCUT2D eigenvalue weighted by Gasteiger charge is -2.06. The molecule has 7 heteroatoms. The molecule has 0 aliphatic rings. The lowest BCUT2D eigenvalue weighted by Crippen LogP contribution is -2.13. The summed E-state index contributed by atoms with van der Waals surface area (Å²) >= 11 is 4.91. The van der Waals surface area contributed by atoms with Gasteiger partial charge in [-0.25, -0.2) is 0 Å². The normalized spacial score (nSPS) is 10.6. The molecule has 3 rings (SSSR count). The highest BCUT2D eigenvalue weighted by Gasteiger charge is 2.22. The van der Waals surface area contributed by atoms with Crippen LogP contribution in [0.1, 0.15) is 16.1 Å². The van der Waals surface area contributed by atoms with E-state index in [-0.39, 0.29) is 5.91 Å². The van der Waals surface area contributed by atoms with Gasteiger partial charge in [-0.2, -0.15) is 0 Å². The Hall–Kier alpha value is -2.12. The van der Waals surface area contributed by atoms with Gasteiger partial charge < -0.3 is 14.6 Å². The summed E-state index contributed by atoms with van der Waals surface area (Å²) in [5, 5.41) is 6.87. The van der Waals surface area contributed by atoms with Crippen molar-refractivity contribution in [1.29, 1.82) is 0 Å². The number of benzene rings is 1. The summed E-state index contributed by atoms with van der Waals surface area (Å²) in [7, 11) is 1.60. The van der Waals surface area contributed by atoms with Crippen molar-refractivity contribution in [2.24, 2.45) is 0 Å².